The van der Waals surface area contributed by atoms with Crippen molar-refractivity contribution in [1.29, 1.82) is 5.26 Å². The molecule has 0 saturated heterocycles. The monoisotopic (exact) mass is 225 g/mol. The molecule has 86 valence electrons. The van der Waals surface area contributed by atoms with Gasteiger partial charge in [0.15, 0.2) is 0 Å². The highest BCUT2D eigenvalue weighted by molar-refractivity contribution is 5.58. The zero-order valence-electron chi connectivity index (χ0n) is 10.0. The van der Waals surface area contributed by atoms with E-state index in [0.717, 1.165) is 17.1 Å². The van der Waals surface area contributed by atoms with Gasteiger partial charge in [-0.15, -0.1) is 0 Å². The predicted octanol–water partition coefficient (Wildman–Crippen LogP) is 3.34. The minimum Gasteiger partial charge on any atom is -0.341 e. The summed E-state index contributed by atoms with van der Waals surface area (Å²) in [5.41, 5.74) is 2.05. The van der Waals surface area contributed by atoms with Gasteiger partial charge in [-0.2, -0.15) is 5.26 Å². The second kappa shape index (κ2) is 4.84. The first kappa shape index (κ1) is 11.4. The van der Waals surface area contributed by atoms with Gasteiger partial charge >= 0.3 is 0 Å². The molecule has 1 N–H and O–H groups in total. The lowest BCUT2D eigenvalue weighted by Crippen LogP contribution is -2.05. The second-order valence-corrected chi connectivity index (χ2v) is 4.40. The quantitative estimate of drug-likeness (QED) is 0.871. The fraction of sp³-hybridized carbons (Fsp3) is 0.286. The number of nitrogens with one attached hydrogen (secondary N) is 1. The Morgan fingerprint density at radius 3 is 2.53 bits per heavy atom. The molecule has 2 rings (SSSR count). The van der Waals surface area contributed by atoms with Crippen molar-refractivity contribution in [1.82, 2.24) is 9.97 Å². The maximum Gasteiger partial charge on any atom is 0.124 e. The number of hydrogen-bond acceptors (Lipinski definition) is 2. The normalized spacial score (nSPS) is 12.4. The molecule has 1 aromatic heterocycles. The molecular weight excluding hydrogens is 210 g/mol. The summed E-state index contributed by atoms with van der Waals surface area (Å²) in [6, 6.07) is 12.3. The summed E-state index contributed by atoms with van der Waals surface area (Å²) >= 11 is 0. The van der Waals surface area contributed by atoms with Crippen LogP contribution in [0.3, 0.4) is 0 Å². The number of aromatic nitrogens is 2. The van der Waals surface area contributed by atoms with Gasteiger partial charge in [0.2, 0.25) is 0 Å². The van der Waals surface area contributed by atoms with Crippen molar-refractivity contribution in [3.8, 4) is 17.3 Å². The topological polar surface area (TPSA) is 52.5 Å². The van der Waals surface area contributed by atoms with Gasteiger partial charge in [-0.1, -0.05) is 44.2 Å². The van der Waals surface area contributed by atoms with E-state index in [1.165, 1.54) is 0 Å². The van der Waals surface area contributed by atoms with Crippen LogP contribution >= 0.6 is 0 Å². The molecule has 0 spiro atoms. The SMILES string of the molecule is CC(C)C(C#N)c1ncc(-c2ccccc2)[nH]1. The number of aromatic amines is 1. The van der Waals surface area contributed by atoms with E-state index in [1.54, 1.807) is 6.20 Å². The van der Waals surface area contributed by atoms with E-state index in [0.29, 0.717) is 0 Å². The van der Waals surface area contributed by atoms with E-state index >= 15 is 0 Å². The van der Waals surface area contributed by atoms with Crippen molar-refractivity contribution in [2.24, 2.45) is 5.92 Å². The van der Waals surface area contributed by atoms with Crippen molar-refractivity contribution in [2.75, 3.05) is 0 Å². The first-order valence-corrected chi connectivity index (χ1v) is 5.72. The van der Waals surface area contributed by atoms with Crippen LogP contribution in [0.25, 0.3) is 11.3 Å². The molecule has 3 nitrogen and oxygen atoms in total. The van der Waals surface area contributed by atoms with Crippen LogP contribution < -0.4 is 0 Å². The van der Waals surface area contributed by atoms with Gasteiger partial charge in [-0.3, -0.25) is 0 Å². The minimum atomic E-state index is -0.174. The molecule has 1 heterocycles. The molecule has 1 aromatic carbocycles. The molecule has 17 heavy (non-hydrogen) atoms. The molecule has 0 amide bonds. The highest BCUT2D eigenvalue weighted by atomic mass is 14.9. The van der Waals surface area contributed by atoms with Gasteiger partial charge in [0, 0.05) is 0 Å². The number of nitrogens with zero attached hydrogens (tertiary/aromatic N) is 2. The minimum absolute atomic E-state index is 0.174. The third-order valence-electron chi connectivity index (χ3n) is 2.78. The van der Waals surface area contributed by atoms with Crippen LogP contribution in [0.5, 0.6) is 0 Å². The predicted molar refractivity (Wildman–Crippen MR) is 67.2 cm³/mol. The summed E-state index contributed by atoms with van der Waals surface area (Å²) in [4.78, 5) is 7.54. The number of hydrogen-bond donors (Lipinski definition) is 1. The fourth-order valence-electron chi connectivity index (χ4n) is 1.79. The number of H-pyrrole nitrogens is 1. The Hall–Kier alpha value is -2.08. The molecule has 0 aliphatic carbocycles. The fourth-order valence-corrected chi connectivity index (χ4v) is 1.79. The van der Waals surface area contributed by atoms with Crippen LogP contribution in [0.2, 0.25) is 0 Å². The standard InChI is InChI=1S/C14H15N3/c1-10(2)12(8-15)14-16-9-13(17-14)11-6-4-3-5-7-11/h3-7,9-10,12H,1-2H3,(H,16,17). The van der Waals surface area contributed by atoms with Crippen molar-refractivity contribution in [3.05, 3.63) is 42.4 Å². The maximum atomic E-state index is 9.12. The summed E-state index contributed by atoms with van der Waals surface area (Å²) in [5, 5.41) is 9.12. The number of nitriles is 1. The van der Waals surface area contributed by atoms with E-state index < -0.39 is 0 Å². The van der Waals surface area contributed by atoms with Gasteiger partial charge in [-0.05, 0) is 11.5 Å². The van der Waals surface area contributed by atoms with E-state index in [2.05, 4.69) is 16.0 Å². The Morgan fingerprint density at radius 1 is 1.24 bits per heavy atom. The second-order valence-electron chi connectivity index (χ2n) is 4.40. The third-order valence-corrected chi connectivity index (χ3v) is 2.78. The Morgan fingerprint density at radius 2 is 1.94 bits per heavy atom. The highest BCUT2D eigenvalue weighted by Crippen LogP contribution is 2.24. The van der Waals surface area contributed by atoms with Crippen LogP contribution in [0.1, 0.15) is 25.6 Å². The lowest BCUT2D eigenvalue weighted by Gasteiger charge is -2.09. The lowest BCUT2D eigenvalue weighted by molar-refractivity contribution is 0.566. The molecular formula is C14H15N3. The molecule has 0 aliphatic heterocycles. The van der Waals surface area contributed by atoms with E-state index in [-0.39, 0.29) is 11.8 Å². The third kappa shape index (κ3) is 2.36. The average Bonchev–Trinajstić information content (AvgIpc) is 2.80. The Bertz CT molecular complexity index is 520. The van der Waals surface area contributed by atoms with Gasteiger partial charge in [0.1, 0.15) is 11.7 Å². The lowest BCUT2D eigenvalue weighted by atomic mass is 9.97. The van der Waals surface area contributed by atoms with E-state index in [1.807, 2.05) is 44.2 Å². The molecule has 2 aromatic rings. The molecule has 0 aliphatic rings. The Labute approximate surface area is 101 Å². The molecule has 0 fully saturated rings. The van der Waals surface area contributed by atoms with Gasteiger partial charge in [-0.25, -0.2) is 4.98 Å². The van der Waals surface area contributed by atoms with Crippen LogP contribution in [-0.4, -0.2) is 9.97 Å². The largest absolute Gasteiger partial charge is 0.341 e. The smallest absolute Gasteiger partial charge is 0.124 e. The highest BCUT2D eigenvalue weighted by Gasteiger charge is 2.18. The van der Waals surface area contributed by atoms with Gasteiger partial charge < -0.3 is 4.98 Å². The van der Waals surface area contributed by atoms with Gasteiger partial charge in [0.25, 0.3) is 0 Å². The first-order valence-electron chi connectivity index (χ1n) is 5.72. The zero-order chi connectivity index (χ0) is 12.3. The van der Waals surface area contributed by atoms with E-state index in [4.69, 9.17) is 5.26 Å². The van der Waals surface area contributed by atoms with Crippen LogP contribution in [0.4, 0.5) is 0 Å². The summed E-state index contributed by atoms with van der Waals surface area (Å²) < 4.78 is 0. The van der Waals surface area contributed by atoms with Crippen molar-refractivity contribution < 1.29 is 0 Å². The number of rotatable bonds is 3. The molecule has 3 heteroatoms. The molecule has 1 unspecified atom stereocenters. The van der Waals surface area contributed by atoms with Crippen molar-refractivity contribution in [3.63, 3.8) is 0 Å². The summed E-state index contributed by atoms with van der Waals surface area (Å²) in [6.45, 7) is 4.05. The number of benzene rings is 1. The summed E-state index contributed by atoms with van der Waals surface area (Å²) in [7, 11) is 0. The maximum absolute atomic E-state index is 9.12. The first-order chi connectivity index (χ1) is 8.22. The van der Waals surface area contributed by atoms with Crippen LogP contribution in [0, 0.1) is 17.2 Å². The van der Waals surface area contributed by atoms with Crippen molar-refractivity contribution >= 4 is 0 Å². The van der Waals surface area contributed by atoms with Crippen LogP contribution in [-0.2, 0) is 0 Å². The zero-order valence-corrected chi connectivity index (χ0v) is 10.0. The molecule has 0 bridgehead atoms. The number of imidazole rings is 1. The average molecular weight is 225 g/mol. The molecule has 0 radical (unpaired) electrons. The van der Waals surface area contributed by atoms with Gasteiger partial charge in [0.05, 0.1) is 18.0 Å². The Kier molecular flexibility index (Phi) is 3.24. The Balaban J connectivity index is 2.31. The summed E-state index contributed by atoms with van der Waals surface area (Å²) in [5.74, 6) is 0.837. The molecule has 1 atom stereocenters. The van der Waals surface area contributed by atoms with Crippen molar-refractivity contribution in [2.45, 2.75) is 19.8 Å². The van der Waals surface area contributed by atoms with E-state index in [9.17, 15) is 0 Å². The van der Waals surface area contributed by atoms with Crippen LogP contribution in [0.15, 0.2) is 36.5 Å². The molecule has 0 saturated carbocycles. The summed E-state index contributed by atoms with van der Waals surface area (Å²) in [6.07, 6.45) is 1.79.